The second-order valence-corrected chi connectivity index (χ2v) is 6.46. The minimum atomic E-state index is -0.319. The van der Waals surface area contributed by atoms with Crippen LogP contribution in [0.2, 0.25) is 0 Å². The second-order valence-electron chi connectivity index (χ2n) is 6.46. The lowest BCUT2D eigenvalue weighted by molar-refractivity contribution is 0.179. The van der Waals surface area contributed by atoms with Gasteiger partial charge in [0, 0.05) is 31.3 Å². The van der Waals surface area contributed by atoms with E-state index in [2.05, 4.69) is 22.5 Å². The fourth-order valence-electron chi connectivity index (χ4n) is 2.75. The molecule has 5 nitrogen and oxygen atoms in total. The molecule has 1 heterocycles. The summed E-state index contributed by atoms with van der Waals surface area (Å²) in [6, 6.07) is 0.179. The molecular formula is C16H33N3O2. The molecular weight excluding hydrogens is 266 g/mol. The molecule has 5 heteroatoms. The number of aliphatic hydroxyl groups excluding tert-OH is 1. The van der Waals surface area contributed by atoms with Gasteiger partial charge in [-0.15, -0.1) is 0 Å². The van der Waals surface area contributed by atoms with Crippen molar-refractivity contribution in [1.82, 2.24) is 15.5 Å². The molecule has 0 saturated carbocycles. The first-order valence-electron chi connectivity index (χ1n) is 8.45. The summed E-state index contributed by atoms with van der Waals surface area (Å²) in [5.41, 5.74) is -0.319. The summed E-state index contributed by atoms with van der Waals surface area (Å²) >= 11 is 0. The molecule has 3 N–H and O–H groups in total. The van der Waals surface area contributed by atoms with Crippen LogP contribution >= 0.6 is 0 Å². The van der Waals surface area contributed by atoms with Crippen molar-refractivity contribution in [1.29, 1.82) is 0 Å². The molecule has 1 aliphatic rings. The predicted molar refractivity (Wildman–Crippen MR) is 86.4 cm³/mol. The number of hydrogen-bond acceptors (Lipinski definition) is 3. The molecule has 1 aliphatic heterocycles. The Kier molecular flexibility index (Phi) is 8.04. The molecule has 0 bridgehead atoms. The fourth-order valence-corrected chi connectivity index (χ4v) is 2.75. The Morgan fingerprint density at radius 3 is 2.52 bits per heavy atom. The molecule has 124 valence electrons. The maximum absolute atomic E-state index is 12.1. The molecule has 0 aromatic rings. The number of likely N-dealkylation sites (tertiary alicyclic amines) is 1. The molecule has 1 atom stereocenters. The van der Waals surface area contributed by atoms with E-state index in [4.69, 9.17) is 5.11 Å². The first-order valence-corrected chi connectivity index (χ1v) is 8.45. The third-order valence-corrected chi connectivity index (χ3v) is 4.61. The number of nitrogens with zero attached hydrogens (tertiary/aromatic N) is 1. The van der Waals surface area contributed by atoms with E-state index in [0.717, 1.165) is 32.4 Å². The van der Waals surface area contributed by atoms with Crippen LogP contribution in [-0.2, 0) is 0 Å². The van der Waals surface area contributed by atoms with Crippen LogP contribution in [0.4, 0.5) is 4.79 Å². The standard InChI is InChI=1S/C16H33N3O2/c1-4-6-10-19-11-7-14(8-12-19)17-15(21)18-16(3,5-2)9-13-20/h14,20H,4-13H2,1-3H3,(H2,17,18,21). The summed E-state index contributed by atoms with van der Waals surface area (Å²) in [6.45, 7) is 9.66. The van der Waals surface area contributed by atoms with E-state index in [1.807, 2.05) is 13.8 Å². The van der Waals surface area contributed by atoms with Gasteiger partial charge >= 0.3 is 6.03 Å². The van der Waals surface area contributed by atoms with E-state index in [9.17, 15) is 4.79 Å². The van der Waals surface area contributed by atoms with Gasteiger partial charge in [0.05, 0.1) is 0 Å². The van der Waals surface area contributed by atoms with Crippen molar-refractivity contribution in [2.24, 2.45) is 0 Å². The highest BCUT2D eigenvalue weighted by Crippen LogP contribution is 2.14. The Hall–Kier alpha value is -0.810. The summed E-state index contributed by atoms with van der Waals surface area (Å²) in [7, 11) is 0. The van der Waals surface area contributed by atoms with Crippen LogP contribution in [0.5, 0.6) is 0 Å². The molecule has 0 aromatic carbocycles. The van der Waals surface area contributed by atoms with Crippen LogP contribution in [0, 0.1) is 0 Å². The number of aliphatic hydroxyl groups is 1. The van der Waals surface area contributed by atoms with Crippen LogP contribution in [0.3, 0.4) is 0 Å². The van der Waals surface area contributed by atoms with Crippen LogP contribution < -0.4 is 10.6 Å². The lowest BCUT2D eigenvalue weighted by Gasteiger charge is -2.34. The number of piperidine rings is 1. The third kappa shape index (κ3) is 6.66. The van der Waals surface area contributed by atoms with Gasteiger partial charge < -0.3 is 20.6 Å². The zero-order valence-corrected chi connectivity index (χ0v) is 14.0. The summed E-state index contributed by atoms with van der Waals surface area (Å²) in [5.74, 6) is 0. The van der Waals surface area contributed by atoms with E-state index in [-0.39, 0.29) is 24.2 Å². The molecule has 1 rings (SSSR count). The van der Waals surface area contributed by atoms with E-state index >= 15 is 0 Å². The van der Waals surface area contributed by atoms with Gasteiger partial charge in [-0.1, -0.05) is 20.3 Å². The quantitative estimate of drug-likeness (QED) is 0.643. The van der Waals surface area contributed by atoms with Crippen molar-refractivity contribution in [3.05, 3.63) is 0 Å². The highest BCUT2D eigenvalue weighted by atomic mass is 16.3. The molecule has 0 radical (unpaired) electrons. The predicted octanol–water partition coefficient (Wildman–Crippen LogP) is 2.10. The minimum Gasteiger partial charge on any atom is -0.396 e. The van der Waals surface area contributed by atoms with Crippen molar-refractivity contribution < 1.29 is 9.90 Å². The van der Waals surface area contributed by atoms with Crippen LogP contribution in [0.25, 0.3) is 0 Å². The number of amides is 2. The van der Waals surface area contributed by atoms with E-state index in [1.165, 1.54) is 19.4 Å². The van der Waals surface area contributed by atoms with E-state index in [0.29, 0.717) is 6.42 Å². The smallest absolute Gasteiger partial charge is 0.315 e. The molecule has 2 amide bonds. The number of nitrogens with one attached hydrogen (secondary N) is 2. The molecule has 21 heavy (non-hydrogen) atoms. The van der Waals surface area contributed by atoms with Crippen molar-refractivity contribution in [3.63, 3.8) is 0 Å². The maximum atomic E-state index is 12.1. The zero-order chi connectivity index (χ0) is 15.7. The Morgan fingerprint density at radius 2 is 2.00 bits per heavy atom. The zero-order valence-electron chi connectivity index (χ0n) is 14.0. The number of rotatable bonds is 8. The highest BCUT2D eigenvalue weighted by Gasteiger charge is 2.26. The molecule has 1 unspecified atom stereocenters. The lowest BCUT2D eigenvalue weighted by Crippen LogP contribution is -2.54. The summed E-state index contributed by atoms with van der Waals surface area (Å²) < 4.78 is 0. The van der Waals surface area contributed by atoms with E-state index in [1.54, 1.807) is 0 Å². The first-order chi connectivity index (χ1) is 10.0. The van der Waals surface area contributed by atoms with Gasteiger partial charge in [0.2, 0.25) is 0 Å². The maximum Gasteiger partial charge on any atom is 0.315 e. The number of unbranched alkanes of at least 4 members (excludes halogenated alkanes) is 1. The van der Waals surface area contributed by atoms with Crippen molar-refractivity contribution in [2.75, 3.05) is 26.2 Å². The van der Waals surface area contributed by atoms with Gasteiger partial charge in [-0.25, -0.2) is 4.79 Å². The van der Waals surface area contributed by atoms with Gasteiger partial charge in [0.25, 0.3) is 0 Å². The van der Waals surface area contributed by atoms with Crippen molar-refractivity contribution >= 4 is 6.03 Å². The molecule has 1 saturated heterocycles. The van der Waals surface area contributed by atoms with Gasteiger partial charge in [-0.2, -0.15) is 0 Å². The topological polar surface area (TPSA) is 64.6 Å². The Morgan fingerprint density at radius 1 is 1.33 bits per heavy atom. The second kappa shape index (κ2) is 9.26. The summed E-state index contributed by atoms with van der Waals surface area (Å²) in [5, 5.41) is 15.2. The molecule has 0 aliphatic carbocycles. The fraction of sp³-hybridized carbons (Fsp3) is 0.938. The third-order valence-electron chi connectivity index (χ3n) is 4.61. The summed E-state index contributed by atoms with van der Waals surface area (Å²) in [4.78, 5) is 14.6. The minimum absolute atomic E-state index is 0.0974. The van der Waals surface area contributed by atoms with Gasteiger partial charge in [0.15, 0.2) is 0 Å². The highest BCUT2D eigenvalue weighted by molar-refractivity contribution is 5.75. The largest absolute Gasteiger partial charge is 0.396 e. The Labute approximate surface area is 129 Å². The van der Waals surface area contributed by atoms with Crippen LogP contribution in [-0.4, -0.2) is 53.9 Å². The normalized spacial score (nSPS) is 20.0. The van der Waals surface area contributed by atoms with E-state index < -0.39 is 0 Å². The number of hydrogen-bond donors (Lipinski definition) is 3. The van der Waals surface area contributed by atoms with Gasteiger partial charge in [-0.3, -0.25) is 0 Å². The van der Waals surface area contributed by atoms with Crippen LogP contribution in [0.15, 0.2) is 0 Å². The molecule has 0 aromatic heterocycles. The van der Waals surface area contributed by atoms with Crippen molar-refractivity contribution in [2.45, 2.75) is 70.9 Å². The lowest BCUT2D eigenvalue weighted by atomic mass is 9.95. The Balaban J connectivity index is 2.30. The number of urea groups is 1. The van der Waals surface area contributed by atoms with Crippen molar-refractivity contribution in [3.8, 4) is 0 Å². The summed E-state index contributed by atoms with van der Waals surface area (Å²) in [6.07, 6.45) is 5.96. The average Bonchev–Trinajstić information content (AvgIpc) is 2.46. The van der Waals surface area contributed by atoms with Gasteiger partial charge in [-0.05, 0) is 45.6 Å². The number of carbonyl (C=O) groups excluding carboxylic acids is 1. The van der Waals surface area contributed by atoms with Crippen LogP contribution in [0.1, 0.15) is 59.3 Å². The first kappa shape index (κ1) is 18.2. The average molecular weight is 299 g/mol. The number of carbonyl (C=O) groups is 1. The monoisotopic (exact) mass is 299 g/mol. The molecule has 0 spiro atoms. The molecule has 1 fully saturated rings. The van der Waals surface area contributed by atoms with Gasteiger partial charge in [0.1, 0.15) is 0 Å². The Bertz CT molecular complexity index is 304. The SMILES string of the molecule is CCCCN1CCC(NC(=O)NC(C)(CC)CCO)CC1.